The summed E-state index contributed by atoms with van der Waals surface area (Å²) in [5, 5.41) is 3.12. The summed E-state index contributed by atoms with van der Waals surface area (Å²) in [5.41, 5.74) is 0. The predicted molar refractivity (Wildman–Crippen MR) is 47.3 cm³/mol. The Bertz CT molecular complexity index is 126. The molecule has 2 saturated heterocycles. The molecule has 13 heavy (non-hydrogen) atoms. The maximum absolute atomic E-state index is 5.72. The van der Waals surface area contributed by atoms with Gasteiger partial charge in [0, 0.05) is 13.2 Å². The molecule has 2 unspecified atom stereocenters. The van der Waals surface area contributed by atoms with Gasteiger partial charge >= 0.3 is 0 Å². The largest absolute Gasteiger partial charge is 0.364 e. The summed E-state index contributed by atoms with van der Waals surface area (Å²) in [4.78, 5) is 0. The molecule has 4 nitrogen and oxygen atoms in total. The van der Waals surface area contributed by atoms with Crippen molar-refractivity contribution in [3.05, 3.63) is 0 Å². The van der Waals surface area contributed by atoms with Gasteiger partial charge in [0.2, 0.25) is 0 Å². The van der Waals surface area contributed by atoms with Crippen LogP contribution in [-0.2, 0) is 14.2 Å². The second kappa shape index (κ2) is 4.91. The van der Waals surface area contributed by atoms with E-state index in [0.717, 1.165) is 19.6 Å². The van der Waals surface area contributed by atoms with Crippen LogP contribution in [0.3, 0.4) is 0 Å². The summed E-state index contributed by atoms with van der Waals surface area (Å²) >= 11 is 0. The first-order valence-electron chi connectivity index (χ1n) is 5.00. The molecule has 0 aromatic carbocycles. The third kappa shape index (κ3) is 2.91. The molecule has 76 valence electrons. The Morgan fingerprint density at radius 3 is 3.00 bits per heavy atom. The average molecular weight is 187 g/mol. The van der Waals surface area contributed by atoms with Crippen molar-refractivity contribution in [3.8, 4) is 0 Å². The molecule has 2 aliphatic rings. The van der Waals surface area contributed by atoms with Gasteiger partial charge in [-0.2, -0.15) is 0 Å². The van der Waals surface area contributed by atoms with Gasteiger partial charge < -0.3 is 14.2 Å². The Morgan fingerprint density at radius 2 is 2.31 bits per heavy atom. The van der Waals surface area contributed by atoms with Crippen LogP contribution >= 0.6 is 0 Å². The molecule has 2 aliphatic heterocycles. The van der Waals surface area contributed by atoms with E-state index in [9.17, 15) is 0 Å². The smallest absolute Gasteiger partial charge is 0.158 e. The summed E-state index contributed by atoms with van der Waals surface area (Å²) in [6.45, 7) is 3.05. The molecule has 0 aromatic heterocycles. The Hall–Kier alpha value is -0.160. The Labute approximate surface area is 78.5 Å². The Kier molecular flexibility index (Phi) is 3.55. The van der Waals surface area contributed by atoms with Crippen molar-refractivity contribution in [1.82, 2.24) is 5.32 Å². The molecule has 1 N–H and O–H groups in total. The SMILES string of the molecule is C1CCC(OC2CNCOC2)OC1. The predicted octanol–water partition coefficient (Wildman–Crippen LogP) is 0.475. The van der Waals surface area contributed by atoms with Crippen molar-refractivity contribution in [3.63, 3.8) is 0 Å². The van der Waals surface area contributed by atoms with E-state index in [-0.39, 0.29) is 12.4 Å². The molecule has 0 spiro atoms. The lowest BCUT2D eigenvalue weighted by Crippen LogP contribution is -2.43. The van der Waals surface area contributed by atoms with E-state index >= 15 is 0 Å². The lowest BCUT2D eigenvalue weighted by Gasteiger charge is -2.30. The van der Waals surface area contributed by atoms with Gasteiger partial charge in [-0.3, -0.25) is 5.32 Å². The summed E-state index contributed by atoms with van der Waals surface area (Å²) in [7, 11) is 0. The highest BCUT2D eigenvalue weighted by molar-refractivity contribution is 4.66. The molecule has 2 heterocycles. The fraction of sp³-hybridized carbons (Fsp3) is 1.00. The fourth-order valence-corrected chi connectivity index (χ4v) is 1.66. The van der Waals surface area contributed by atoms with Gasteiger partial charge in [0.1, 0.15) is 0 Å². The molecule has 2 rings (SSSR count). The summed E-state index contributed by atoms with van der Waals surface area (Å²) < 4.78 is 16.4. The van der Waals surface area contributed by atoms with Crippen LogP contribution in [0.25, 0.3) is 0 Å². The molecule has 0 bridgehead atoms. The van der Waals surface area contributed by atoms with E-state index in [2.05, 4.69) is 5.32 Å². The van der Waals surface area contributed by atoms with Gasteiger partial charge in [0.05, 0.1) is 19.4 Å². The molecule has 4 heteroatoms. The maximum atomic E-state index is 5.72. The zero-order chi connectivity index (χ0) is 8.93. The Morgan fingerprint density at radius 1 is 1.31 bits per heavy atom. The van der Waals surface area contributed by atoms with Crippen LogP contribution in [0.2, 0.25) is 0 Å². The first kappa shape index (κ1) is 9.40. The molecule has 2 atom stereocenters. The van der Waals surface area contributed by atoms with Crippen LogP contribution in [0.5, 0.6) is 0 Å². The number of ether oxygens (including phenoxy) is 3. The fourth-order valence-electron chi connectivity index (χ4n) is 1.66. The van der Waals surface area contributed by atoms with Gasteiger partial charge in [-0.1, -0.05) is 0 Å². The molecule has 0 aliphatic carbocycles. The summed E-state index contributed by atoms with van der Waals surface area (Å²) in [5.74, 6) is 0. The summed E-state index contributed by atoms with van der Waals surface area (Å²) in [6, 6.07) is 0. The third-order valence-corrected chi connectivity index (χ3v) is 2.36. The van der Waals surface area contributed by atoms with Gasteiger partial charge in [-0.25, -0.2) is 0 Å². The third-order valence-electron chi connectivity index (χ3n) is 2.36. The second-order valence-electron chi connectivity index (χ2n) is 3.52. The monoisotopic (exact) mass is 187 g/mol. The number of nitrogens with one attached hydrogen (secondary N) is 1. The minimum absolute atomic E-state index is 0.00208. The lowest BCUT2D eigenvalue weighted by molar-refractivity contribution is -0.204. The molecule has 0 radical (unpaired) electrons. The van der Waals surface area contributed by atoms with Crippen LogP contribution in [-0.4, -0.2) is 38.9 Å². The first-order valence-corrected chi connectivity index (χ1v) is 5.00. The van der Waals surface area contributed by atoms with Gasteiger partial charge in [-0.05, 0) is 19.3 Å². The van der Waals surface area contributed by atoms with E-state index in [1.807, 2.05) is 0 Å². The average Bonchev–Trinajstić information content (AvgIpc) is 2.21. The second-order valence-corrected chi connectivity index (χ2v) is 3.52. The quantitative estimate of drug-likeness (QED) is 0.682. The zero-order valence-electron chi connectivity index (χ0n) is 7.83. The number of hydrogen-bond acceptors (Lipinski definition) is 4. The van der Waals surface area contributed by atoms with Crippen LogP contribution in [0.15, 0.2) is 0 Å². The van der Waals surface area contributed by atoms with E-state index in [4.69, 9.17) is 14.2 Å². The standard InChI is InChI=1S/C9H17NO3/c1-2-4-12-9(3-1)13-8-5-10-7-11-6-8/h8-10H,1-7H2. The highest BCUT2D eigenvalue weighted by atomic mass is 16.7. The van der Waals surface area contributed by atoms with E-state index in [1.165, 1.54) is 12.8 Å². The van der Waals surface area contributed by atoms with Crippen LogP contribution in [0, 0.1) is 0 Å². The number of rotatable bonds is 2. The van der Waals surface area contributed by atoms with Crippen molar-refractivity contribution in [1.29, 1.82) is 0 Å². The summed E-state index contributed by atoms with van der Waals surface area (Å²) in [6.07, 6.45) is 3.57. The van der Waals surface area contributed by atoms with Gasteiger partial charge in [0.25, 0.3) is 0 Å². The van der Waals surface area contributed by atoms with Crippen LogP contribution in [0.1, 0.15) is 19.3 Å². The van der Waals surface area contributed by atoms with Crippen molar-refractivity contribution in [2.45, 2.75) is 31.7 Å². The van der Waals surface area contributed by atoms with Gasteiger partial charge in [0.15, 0.2) is 6.29 Å². The van der Waals surface area contributed by atoms with Crippen molar-refractivity contribution in [2.24, 2.45) is 0 Å². The first-order chi connectivity index (χ1) is 6.45. The highest BCUT2D eigenvalue weighted by Gasteiger charge is 2.21. The van der Waals surface area contributed by atoms with Crippen LogP contribution < -0.4 is 5.32 Å². The van der Waals surface area contributed by atoms with Crippen molar-refractivity contribution in [2.75, 3.05) is 26.5 Å². The van der Waals surface area contributed by atoms with E-state index in [1.54, 1.807) is 0 Å². The molecular weight excluding hydrogens is 170 g/mol. The number of hydrogen-bond donors (Lipinski definition) is 1. The highest BCUT2D eigenvalue weighted by Crippen LogP contribution is 2.15. The molecule has 0 saturated carbocycles. The van der Waals surface area contributed by atoms with E-state index < -0.39 is 0 Å². The molecular formula is C9H17NO3. The topological polar surface area (TPSA) is 39.7 Å². The lowest BCUT2D eigenvalue weighted by atomic mass is 10.2. The normalized spacial score (nSPS) is 36.0. The zero-order valence-corrected chi connectivity index (χ0v) is 7.83. The molecule has 0 aromatic rings. The minimum Gasteiger partial charge on any atom is -0.364 e. The Balaban J connectivity index is 1.69. The van der Waals surface area contributed by atoms with Crippen molar-refractivity contribution < 1.29 is 14.2 Å². The maximum Gasteiger partial charge on any atom is 0.158 e. The molecule has 0 amide bonds. The molecule has 2 fully saturated rings. The van der Waals surface area contributed by atoms with Crippen LogP contribution in [0.4, 0.5) is 0 Å². The van der Waals surface area contributed by atoms with Crippen molar-refractivity contribution >= 4 is 0 Å². The van der Waals surface area contributed by atoms with Gasteiger partial charge in [-0.15, -0.1) is 0 Å². The van der Waals surface area contributed by atoms with E-state index in [0.29, 0.717) is 13.3 Å². The minimum atomic E-state index is 0.00208.